The summed E-state index contributed by atoms with van der Waals surface area (Å²) in [4.78, 5) is 23.2. The molecule has 0 fully saturated rings. The number of amides is 1. The Balaban J connectivity index is 1.92. The largest absolute Gasteiger partial charge is 0.469 e. The molecule has 116 valence electrons. The Morgan fingerprint density at radius 2 is 2.05 bits per heavy atom. The van der Waals surface area contributed by atoms with Crippen molar-refractivity contribution in [3.05, 3.63) is 53.9 Å². The van der Waals surface area contributed by atoms with Crippen LogP contribution in [0.1, 0.15) is 29.3 Å². The normalized spacial score (nSPS) is 11.7. The first-order valence-electron chi connectivity index (χ1n) is 7.02. The standard InChI is InChI=1S/C16H19N3O3/c1-12(10-15(20)22-2)18-16(21)14-6-4-13(5-7-14)11-19-9-3-8-17-19/h3-9,12H,10-11H2,1-2H3,(H,18,21). The highest BCUT2D eigenvalue weighted by Crippen LogP contribution is 2.07. The van der Waals surface area contributed by atoms with Crippen LogP contribution >= 0.6 is 0 Å². The topological polar surface area (TPSA) is 73.2 Å². The molecule has 0 aliphatic heterocycles. The Morgan fingerprint density at radius 1 is 1.32 bits per heavy atom. The van der Waals surface area contributed by atoms with Gasteiger partial charge in [0.2, 0.25) is 0 Å². The van der Waals surface area contributed by atoms with Crippen molar-refractivity contribution >= 4 is 11.9 Å². The molecule has 1 amide bonds. The summed E-state index contributed by atoms with van der Waals surface area (Å²) in [6.45, 7) is 2.43. The smallest absolute Gasteiger partial charge is 0.307 e. The van der Waals surface area contributed by atoms with Crippen LogP contribution in [0, 0.1) is 0 Å². The van der Waals surface area contributed by atoms with Gasteiger partial charge < -0.3 is 10.1 Å². The van der Waals surface area contributed by atoms with Crippen molar-refractivity contribution in [2.75, 3.05) is 7.11 Å². The molecule has 0 saturated carbocycles. The van der Waals surface area contributed by atoms with Crippen molar-refractivity contribution in [3.8, 4) is 0 Å². The van der Waals surface area contributed by atoms with Gasteiger partial charge in [-0.1, -0.05) is 12.1 Å². The molecular formula is C16H19N3O3. The van der Waals surface area contributed by atoms with E-state index < -0.39 is 0 Å². The maximum Gasteiger partial charge on any atom is 0.307 e. The molecule has 0 aliphatic rings. The van der Waals surface area contributed by atoms with E-state index in [-0.39, 0.29) is 24.3 Å². The molecule has 2 rings (SSSR count). The zero-order valence-corrected chi connectivity index (χ0v) is 12.7. The number of hydrogen-bond acceptors (Lipinski definition) is 4. The van der Waals surface area contributed by atoms with Crippen molar-refractivity contribution in [2.24, 2.45) is 0 Å². The van der Waals surface area contributed by atoms with Gasteiger partial charge in [-0.2, -0.15) is 5.10 Å². The number of nitrogens with zero attached hydrogens (tertiary/aromatic N) is 2. The Bertz CT molecular complexity index is 621. The third-order valence-corrected chi connectivity index (χ3v) is 3.20. The van der Waals surface area contributed by atoms with E-state index in [1.54, 1.807) is 25.3 Å². The second kappa shape index (κ2) is 7.40. The van der Waals surface area contributed by atoms with E-state index in [2.05, 4.69) is 15.2 Å². The number of hydrogen-bond donors (Lipinski definition) is 1. The van der Waals surface area contributed by atoms with Crippen LogP contribution in [0.15, 0.2) is 42.7 Å². The van der Waals surface area contributed by atoms with Gasteiger partial charge in [-0.3, -0.25) is 14.3 Å². The minimum atomic E-state index is -0.345. The first-order valence-corrected chi connectivity index (χ1v) is 7.02. The molecule has 1 aromatic carbocycles. The van der Waals surface area contributed by atoms with Crippen molar-refractivity contribution in [3.63, 3.8) is 0 Å². The van der Waals surface area contributed by atoms with Crippen LogP contribution in [0.25, 0.3) is 0 Å². The van der Waals surface area contributed by atoms with Crippen molar-refractivity contribution in [1.29, 1.82) is 0 Å². The number of methoxy groups -OCH3 is 1. The monoisotopic (exact) mass is 301 g/mol. The lowest BCUT2D eigenvalue weighted by Gasteiger charge is -2.12. The minimum absolute atomic E-state index is 0.152. The van der Waals surface area contributed by atoms with Gasteiger partial charge in [-0.25, -0.2) is 0 Å². The molecule has 6 heteroatoms. The first-order chi connectivity index (χ1) is 10.6. The van der Waals surface area contributed by atoms with Crippen LogP contribution in [0.2, 0.25) is 0 Å². The predicted molar refractivity (Wildman–Crippen MR) is 81.3 cm³/mol. The lowest BCUT2D eigenvalue weighted by atomic mass is 10.1. The summed E-state index contributed by atoms with van der Waals surface area (Å²) in [6.07, 6.45) is 3.76. The van der Waals surface area contributed by atoms with E-state index >= 15 is 0 Å². The van der Waals surface area contributed by atoms with Gasteiger partial charge in [-0.15, -0.1) is 0 Å². The molecule has 22 heavy (non-hydrogen) atoms. The second-order valence-electron chi connectivity index (χ2n) is 5.06. The van der Waals surface area contributed by atoms with E-state index in [4.69, 9.17) is 0 Å². The molecule has 1 atom stereocenters. The molecule has 0 aliphatic carbocycles. The summed E-state index contributed by atoms with van der Waals surface area (Å²) in [6, 6.07) is 8.90. The first kappa shape index (κ1) is 15.8. The highest BCUT2D eigenvalue weighted by atomic mass is 16.5. The molecule has 2 aromatic rings. The molecular weight excluding hydrogens is 282 g/mol. The molecule has 1 heterocycles. The van der Waals surface area contributed by atoms with Crippen LogP contribution in [0.5, 0.6) is 0 Å². The van der Waals surface area contributed by atoms with Gasteiger partial charge in [0.1, 0.15) is 0 Å². The quantitative estimate of drug-likeness (QED) is 0.823. The maximum atomic E-state index is 12.1. The highest BCUT2D eigenvalue weighted by molar-refractivity contribution is 5.94. The Morgan fingerprint density at radius 3 is 2.64 bits per heavy atom. The van der Waals surface area contributed by atoms with Gasteiger partial charge in [0.15, 0.2) is 0 Å². The molecule has 0 bridgehead atoms. The van der Waals surface area contributed by atoms with Crippen LogP contribution in [0.3, 0.4) is 0 Å². The van der Waals surface area contributed by atoms with E-state index in [0.29, 0.717) is 12.1 Å². The van der Waals surface area contributed by atoms with E-state index in [0.717, 1.165) is 5.56 Å². The summed E-state index contributed by atoms with van der Waals surface area (Å²) in [5.41, 5.74) is 1.61. The van der Waals surface area contributed by atoms with Gasteiger partial charge >= 0.3 is 5.97 Å². The fraction of sp³-hybridized carbons (Fsp3) is 0.312. The SMILES string of the molecule is COC(=O)CC(C)NC(=O)c1ccc(Cn2cccn2)cc1. The van der Waals surface area contributed by atoms with Gasteiger partial charge in [0.25, 0.3) is 5.91 Å². The number of benzene rings is 1. The summed E-state index contributed by atoms with van der Waals surface area (Å²) in [5.74, 6) is -0.551. The van der Waals surface area contributed by atoms with Crippen LogP contribution in [-0.2, 0) is 16.1 Å². The molecule has 1 aromatic heterocycles. The zero-order valence-electron chi connectivity index (χ0n) is 12.7. The third kappa shape index (κ3) is 4.44. The summed E-state index contributed by atoms with van der Waals surface area (Å²) in [5, 5.41) is 6.91. The minimum Gasteiger partial charge on any atom is -0.469 e. The Hall–Kier alpha value is -2.63. The average molecular weight is 301 g/mol. The van der Waals surface area contributed by atoms with Crippen LogP contribution < -0.4 is 5.32 Å². The average Bonchev–Trinajstić information content (AvgIpc) is 3.00. The predicted octanol–water partition coefficient (Wildman–Crippen LogP) is 1.61. The van der Waals surface area contributed by atoms with Crippen LogP contribution in [0.4, 0.5) is 0 Å². The number of carbonyl (C=O) groups excluding carboxylic acids is 2. The maximum absolute atomic E-state index is 12.1. The molecule has 0 radical (unpaired) electrons. The molecule has 1 N–H and O–H groups in total. The van der Waals surface area contributed by atoms with E-state index in [9.17, 15) is 9.59 Å². The Kier molecular flexibility index (Phi) is 5.30. The zero-order chi connectivity index (χ0) is 15.9. The van der Waals surface area contributed by atoms with E-state index in [1.807, 2.05) is 29.1 Å². The molecule has 1 unspecified atom stereocenters. The molecule has 6 nitrogen and oxygen atoms in total. The van der Waals surface area contributed by atoms with Crippen LogP contribution in [-0.4, -0.2) is 34.8 Å². The highest BCUT2D eigenvalue weighted by Gasteiger charge is 2.13. The van der Waals surface area contributed by atoms with Crippen molar-refractivity contribution in [1.82, 2.24) is 15.1 Å². The summed E-state index contributed by atoms with van der Waals surface area (Å²) < 4.78 is 6.39. The molecule has 0 spiro atoms. The fourth-order valence-corrected chi connectivity index (χ4v) is 2.03. The van der Waals surface area contributed by atoms with E-state index in [1.165, 1.54) is 7.11 Å². The lowest BCUT2D eigenvalue weighted by molar-refractivity contribution is -0.141. The number of carbonyl (C=O) groups is 2. The number of rotatable bonds is 6. The third-order valence-electron chi connectivity index (χ3n) is 3.20. The fourth-order valence-electron chi connectivity index (χ4n) is 2.03. The summed E-state index contributed by atoms with van der Waals surface area (Å²) >= 11 is 0. The van der Waals surface area contributed by atoms with Gasteiger partial charge in [0.05, 0.1) is 20.1 Å². The number of ether oxygens (including phenoxy) is 1. The molecule has 0 saturated heterocycles. The second-order valence-corrected chi connectivity index (χ2v) is 5.06. The number of esters is 1. The van der Waals surface area contributed by atoms with Crippen molar-refractivity contribution < 1.29 is 14.3 Å². The summed E-state index contributed by atoms with van der Waals surface area (Å²) in [7, 11) is 1.33. The lowest BCUT2D eigenvalue weighted by Crippen LogP contribution is -2.34. The van der Waals surface area contributed by atoms with Crippen molar-refractivity contribution in [2.45, 2.75) is 25.9 Å². The van der Waals surface area contributed by atoms with Gasteiger partial charge in [-0.05, 0) is 30.7 Å². The number of aromatic nitrogens is 2. The van der Waals surface area contributed by atoms with Gasteiger partial charge in [0, 0.05) is 24.0 Å². The Labute approximate surface area is 129 Å². The number of nitrogens with one attached hydrogen (secondary N) is 1.